The minimum atomic E-state index is -2.38. The zero-order valence-electron chi connectivity index (χ0n) is 10.1. The summed E-state index contributed by atoms with van der Waals surface area (Å²) in [4.78, 5) is 3.71. The van der Waals surface area contributed by atoms with Crippen molar-refractivity contribution >= 4 is 5.96 Å². The van der Waals surface area contributed by atoms with Gasteiger partial charge in [0.05, 0.1) is 5.92 Å². The lowest BCUT2D eigenvalue weighted by Gasteiger charge is -2.68. The molecule has 0 aromatic carbocycles. The zero-order valence-corrected chi connectivity index (χ0v) is 10.1. The van der Waals surface area contributed by atoms with Gasteiger partial charge in [-0.1, -0.05) is 0 Å². The number of nitrogens with two attached hydrogens (primary N) is 1. The normalized spacial score (nSPS) is 63.6. The van der Waals surface area contributed by atoms with Gasteiger partial charge in [0.2, 0.25) is 0 Å². The summed E-state index contributed by atoms with van der Waals surface area (Å²) < 4.78 is 10.2. The summed E-state index contributed by atoms with van der Waals surface area (Å²) in [6.45, 7) is 0. The third kappa shape index (κ3) is 1.13. The summed E-state index contributed by atoms with van der Waals surface area (Å²) in [5, 5.41) is 53.7. The van der Waals surface area contributed by atoms with Crippen LogP contribution in [0.5, 0.6) is 0 Å². The summed E-state index contributed by atoms with van der Waals surface area (Å²) in [6.07, 6.45) is -8.06. The molecule has 0 radical (unpaired) electrons. The molecule has 112 valence electrons. The van der Waals surface area contributed by atoms with Gasteiger partial charge in [0.1, 0.15) is 30.0 Å². The van der Waals surface area contributed by atoms with Gasteiger partial charge in [-0.2, -0.15) is 0 Å². The van der Waals surface area contributed by atoms with Crippen LogP contribution in [0.1, 0.15) is 0 Å². The van der Waals surface area contributed by atoms with Gasteiger partial charge in [-0.3, -0.25) is 0 Å². The average molecular weight is 289 g/mol. The Bertz CT molecular complexity index is 503. The second-order valence-corrected chi connectivity index (χ2v) is 5.65. The second kappa shape index (κ2) is 3.42. The van der Waals surface area contributed by atoms with E-state index in [1.165, 1.54) is 0 Å². The standard InChI is InChI=1S/C10H15N3O7/c11-8-12-6(16)1-3-2(14)4-5(15)9(1,13-8)7(17)10(18,19-3)20-4/h1-7,14-18H,(H3,11,12,13)/t1-,2+,3-,4-,5-,6-,7+,9-,10+/m1/s1. The van der Waals surface area contributed by atoms with Crippen LogP contribution in [0.4, 0.5) is 0 Å². The van der Waals surface area contributed by atoms with E-state index < -0.39 is 54.2 Å². The lowest BCUT2D eigenvalue weighted by molar-refractivity contribution is -0.532. The first-order valence-electron chi connectivity index (χ1n) is 6.23. The Morgan fingerprint density at radius 3 is 2.50 bits per heavy atom. The molecule has 4 aliphatic heterocycles. The van der Waals surface area contributed by atoms with Gasteiger partial charge in [0, 0.05) is 0 Å². The van der Waals surface area contributed by atoms with Gasteiger partial charge in [0.15, 0.2) is 18.3 Å². The zero-order chi connectivity index (χ0) is 14.4. The molecule has 1 spiro atoms. The van der Waals surface area contributed by atoms with Crippen molar-refractivity contribution in [3.05, 3.63) is 0 Å². The maximum absolute atomic E-state index is 10.4. The van der Waals surface area contributed by atoms with Crippen LogP contribution < -0.4 is 11.1 Å². The molecule has 10 nitrogen and oxygen atoms in total. The number of aliphatic hydroxyl groups excluding tert-OH is 4. The van der Waals surface area contributed by atoms with Crippen LogP contribution >= 0.6 is 0 Å². The second-order valence-electron chi connectivity index (χ2n) is 5.65. The molecule has 4 fully saturated rings. The smallest absolute Gasteiger partial charge is 0.311 e. The minimum Gasteiger partial charge on any atom is -0.388 e. The Kier molecular flexibility index (Phi) is 2.17. The van der Waals surface area contributed by atoms with E-state index in [4.69, 9.17) is 15.2 Å². The highest BCUT2D eigenvalue weighted by Gasteiger charge is 2.79. The van der Waals surface area contributed by atoms with E-state index in [1.54, 1.807) is 0 Å². The fourth-order valence-electron chi connectivity index (χ4n) is 3.92. The number of nitrogens with zero attached hydrogens (tertiary/aromatic N) is 1. The monoisotopic (exact) mass is 289 g/mol. The van der Waals surface area contributed by atoms with Crippen molar-refractivity contribution in [3.63, 3.8) is 0 Å². The van der Waals surface area contributed by atoms with Gasteiger partial charge in [0.25, 0.3) is 0 Å². The highest BCUT2D eigenvalue weighted by atomic mass is 16.9. The molecule has 9 atom stereocenters. The molecule has 0 aromatic heterocycles. The van der Waals surface area contributed by atoms with Gasteiger partial charge in [-0.25, -0.2) is 4.99 Å². The Morgan fingerprint density at radius 1 is 1.15 bits per heavy atom. The number of hydrogen-bond acceptors (Lipinski definition) is 10. The number of nitrogens with one attached hydrogen (secondary N) is 1. The van der Waals surface area contributed by atoms with Crippen molar-refractivity contribution < 1.29 is 35.0 Å². The molecule has 0 amide bonds. The third-order valence-electron chi connectivity index (χ3n) is 4.72. The van der Waals surface area contributed by atoms with Crippen LogP contribution in [0.15, 0.2) is 4.99 Å². The molecule has 8 N–H and O–H groups in total. The molecule has 5 rings (SSSR count). The van der Waals surface area contributed by atoms with E-state index in [9.17, 15) is 25.5 Å². The Balaban J connectivity index is 1.92. The van der Waals surface area contributed by atoms with Crippen molar-refractivity contribution in [2.24, 2.45) is 16.6 Å². The van der Waals surface area contributed by atoms with E-state index in [2.05, 4.69) is 10.3 Å². The predicted octanol–water partition coefficient (Wildman–Crippen LogP) is -4.88. The SMILES string of the molecule is NC1=N[C@H](O)[C@H]2[C@H]3O[C@]4(O)O[C@H]([C@H]3O)[C@@H](O)[C@@]2(N1)[C@@H]4O. The average Bonchev–Trinajstić information content (AvgIpc) is 2.36. The fraction of sp³-hybridized carbons (Fsp3) is 0.900. The molecule has 10 heteroatoms. The van der Waals surface area contributed by atoms with Crippen LogP contribution in [-0.2, 0) is 9.47 Å². The molecule has 3 saturated heterocycles. The van der Waals surface area contributed by atoms with Gasteiger partial charge < -0.3 is 46.1 Å². The van der Waals surface area contributed by atoms with Crippen LogP contribution in [0, 0.1) is 5.92 Å². The molecule has 5 aliphatic rings. The van der Waals surface area contributed by atoms with Crippen molar-refractivity contribution in [1.29, 1.82) is 0 Å². The third-order valence-corrected chi connectivity index (χ3v) is 4.72. The Morgan fingerprint density at radius 2 is 1.80 bits per heavy atom. The Hall–Kier alpha value is -1.01. The van der Waals surface area contributed by atoms with Crippen LogP contribution in [0.2, 0.25) is 0 Å². The molecule has 4 heterocycles. The number of aliphatic hydroxyl groups is 5. The molecule has 0 unspecified atom stereocenters. The van der Waals surface area contributed by atoms with Crippen molar-refractivity contribution in [2.75, 3.05) is 0 Å². The van der Waals surface area contributed by atoms with Crippen molar-refractivity contribution in [2.45, 2.75) is 48.3 Å². The maximum atomic E-state index is 10.4. The Labute approximate surface area is 112 Å². The first-order valence-corrected chi connectivity index (χ1v) is 6.23. The van der Waals surface area contributed by atoms with Crippen molar-refractivity contribution in [3.8, 4) is 0 Å². The summed E-state index contributed by atoms with van der Waals surface area (Å²) in [6, 6.07) is 0. The maximum Gasteiger partial charge on any atom is 0.311 e. The summed E-state index contributed by atoms with van der Waals surface area (Å²) in [5.41, 5.74) is 3.95. The molecular formula is C10H15N3O7. The summed E-state index contributed by atoms with van der Waals surface area (Å²) in [7, 11) is 0. The number of guanidine groups is 1. The first-order chi connectivity index (χ1) is 9.31. The lowest BCUT2D eigenvalue weighted by atomic mass is 9.59. The van der Waals surface area contributed by atoms with Gasteiger partial charge in [-0.15, -0.1) is 0 Å². The quantitative estimate of drug-likeness (QED) is 0.231. The van der Waals surface area contributed by atoms with Crippen LogP contribution in [0.3, 0.4) is 0 Å². The van der Waals surface area contributed by atoms with Crippen molar-refractivity contribution in [1.82, 2.24) is 5.32 Å². The molecule has 0 aromatic rings. The first kappa shape index (κ1) is 12.7. The molecule has 1 saturated carbocycles. The van der Waals surface area contributed by atoms with Crippen LogP contribution in [0.25, 0.3) is 0 Å². The van der Waals surface area contributed by atoms with Gasteiger partial charge >= 0.3 is 5.97 Å². The largest absolute Gasteiger partial charge is 0.388 e. The van der Waals surface area contributed by atoms with E-state index in [0.29, 0.717) is 0 Å². The van der Waals surface area contributed by atoms with Gasteiger partial charge in [-0.05, 0) is 0 Å². The topological polar surface area (TPSA) is 170 Å². The number of ether oxygens (including phenoxy) is 2. The highest BCUT2D eigenvalue weighted by molar-refractivity contribution is 5.80. The fourth-order valence-corrected chi connectivity index (χ4v) is 3.92. The molecule has 20 heavy (non-hydrogen) atoms. The predicted molar refractivity (Wildman–Crippen MR) is 59.7 cm³/mol. The summed E-state index contributed by atoms with van der Waals surface area (Å²) in [5.74, 6) is -3.56. The number of aliphatic imine (C=N–C) groups is 1. The van der Waals surface area contributed by atoms with Crippen LogP contribution in [-0.4, -0.2) is 79.8 Å². The van der Waals surface area contributed by atoms with E-state index >= 15 is 0 Å². The molecule has 1 aliphatic carbocycles. The lowest BCUT2D eigenvalue weighted by Crippen LogP contribution is -2.92. The summed E-state index contributed by atoms with van der Waals surface area (Å²) >= 11 is 0. The van der Waals surface area contributed by atoms with E-state index in [0.717, 1.165) is 0 Å². The number of rotatable bonds is 0. The van der Waals surface area contributed by atoms with E-state index in [-0.39, 0.29) is 5.96 Å². The molecular weight excluding hydrogens is 274 g/mol. The minimum absolute atomic E-state index is 0.188. The number of hydrogen-bond donors (Lipinski definition) is 7. The molecule has 4 bridgehead atoms. The highest BCUT2D eigenvalue weighted by Crippen LogP contribution is 2.55. The van der Waals surface area contributed by atoms with E-state index in [1.807, 2.05) is 0 Å².